The molecule has 0 aliphatic heterocycles. The Kier molecular flexibility index (Phi) is 4.77. The van der Waals surface area contributed by atoms with Gasteiger partial charge in [-0.25, -0.2) is 4.79 Å². The lowest BCUT2D eigenvalue weighted by molar-refractivity contribution is 0.0492. The molecule has 1 aromatic heterocycles. The van der Waals surface area contributed by atoms with Gasteiger partial charge < -0.3 is 24.1 Å². The first kappa shape index (κ1) is 18.3. The molecule has 0 saturated carbocycles. The van der Waals surface area contributed by atoms with Crippen LogP contribution < -0.4 is 10.2 Å². The van der Waals surface area contributed by atoms with Gasteiger partial charge in [0.25, 0.3) is 0 Å². The van der Waals surface area contributed by atoms with Gasteiger partial charge in [0.15, 0.2) is 0 Å². The maximum absolute atomic E-state index is 13.2. The second-order valence-corrected chi connectivity index (χ2v) is 5.83. The molecular formula is C20H18O7. The molecule has 0 bridgehead atoms. The predicted octanol–water partition coefficient (Wildman–Crippen LogP) is 3.36. The molecule has 0 aliphatic rings. The first-order chi connectivity index (χ1) is 12.9. The average Bonchev–Trinajstić information content (AvgIpc) is 2.65. The topological polar surface area (TPSA) is 106 Å². The van der Waals surface area contributed by atoms with Crippen LogP contribution in [0.3, 0.4) is 0 Å². The number of ether oxygens (including phenoxy) is 2. The lowest BCUT2D eigenvalue weighted by atomic mass is 10.00. The first-order valence-corrected chi connectivity index (χ1v) is 8.22. The number of phenolic OH excluding ortho intramolecular Hbond substituents is 2. The number of aromatic hydroxyl groups is 2. The Morgan fingerprint density at radius 2 is 1.81 bits per heavy atom. The molecule has 27 heavy (non-hydrogen) atoms. The number of hydrogen-bond donors (Lipinski definition) is 2. The SMILES string of the molecule is CCOC(=O)c1oc2c(C)c(O)cc(O)c2c(=O)c1-c1ccc(OC)cc1. The number of benzene rings is 2. The van der Waals surface area contributed by atoms with Crippen LogP contribution in [0.15, 0.2) is 39.5 Å². The molecule has 1 heterocycles. The number of methoxy groups -OCH3 is 1. The molecule has 2 N–H and O–H groups in total. The Bertz CT molecular complexity index is 1080. The van der Waals surface area contributed by atoms with E-state index in [2.05, 4.69) is 0 Å². The van der Waals surface area contributed by atoms with Crippen LogP contribution >= 0.6 is 0 Å². The van der Waals surface area contributed by atoms with Gasteiger partial charge in [0, 0.05) is 11.6 Å². The van der Waals surface area contributed by atoms with E-state index < -0.39 is 17.1 Å². The van der Waals surface area contributed by atoms with Crippen LogP contribution in [0, 0.1) is 6.92 Å². The van der Waals surface area contributed by atoms with Crippen molar-refractivity contribution >= 4 is 16.9 Å². The Morgan fingerprint density at radius 1 is 1.15 bits per heavy atom. The van der Waals surface area contributed by atoms with Crippen molar-refractivity contribution in [3.8, 4) is 28.4 Å². The zero-order chi connectivity index (χ0) is 19.7. The van der Waals surface area contributed by atoms with E-state index in [4.69, 9.17) is 13.9 Å². The molecule has 0 unspecified atom stereocenters. The normalized spacial score (nSPS) is 10.8. The van der Waals surface area contributed by atoms with E-state index in [1.54, 1.807) is 31.2 Å². The van der Waals surface area contributed by atoms with Gasteiger partial charge in [-0.15, -0.1) is 0 Å². The quantitative estimate of drug-likeness (QED) is 0.678. The van der Waals surface area contributed by atoms with Gasteiger partial charge in [-0.1, -0.05) is 12.1 Å². The first-order valence-electron chi connectivity index (χ1n) is 8.22. The third kappa shape index (κ3) is 3.08. The summed E-state index contributed by atoms with van der Waals surface area (Å²) in [6, 6.07) is 7.54. The van der Waals surface area contributed by atoms with Gasteiger partial charge in [-0.2, -0.15) is 0 Å². The van der Waals surface area contributed by atoms with Crippen LogP contribution in [0.5, 0.6) is 17.2 Å². The molecule has 0 radical (unpaired) electrons. The van der Waals surface area contributed by atoms with E-state index in [-0.39, 0.29) is 40.2 Å². The lowest BCUT2D eigenvalue weighted by Gasteiger charge is -2.12. The van der Waals surface area contributed by atoms with E-state index in [1.165, 1.54) is 14.0 Å². The summed E-state index contributed by atoms with van der Waals surface area (Å²) in [7, 11) is 1.51. The zero-order valence-electron chi connectivity index (χ0n) is 15.0. The average molecular weight is 370 g/mol. The van der Waals surface area contributed by atoms with Crippen molar-refractivity contribution in [2.24, 2.45) is 0 Å². The fraction of sp³-hybridized carbons (Fsp3) is 0.200. The molecule has 0 atom stereocenters. The van der Waals surface area contributed by atoms with Gasteiger partial charge in [-0.3, -0.25) is 4.79 Å². The summed E-state index contributed by atoms with van der Waals surface area (Å²) in [4.78, 5) is 25.6. The number of esters is 1. The highest BCUT2D eigenvalue weighted by Crippen LogP contribution is 2.35. The Labute approximate surface area is 154 Å². The molecule has 0 aliphatic carbocycles. The van der Waals surface area contributed by atoms with Crippen molar-refractivity contribution in [2.75, 3.05) is 13.7 Å². The van der Waals surface area contributed by atoms with Gasteiger partial charge in [0.2, 0.25) is 11.2 Å². The molecule has 7 nitrogen and oxygen atoms in total. The highest BCUT2D eigenvalue weighted by molar-refractivity contribution is 5.99. The summed E-state index contributed by atoms with van der Waals surface area (Å²) >= 11 is 0. The largest absolute Gasteiger partial charge is 0.507 e. The number of carbonyl (C=O) groups is 1. The van der Waals surface area contributed by atoms with Crippen molar-refractivity contribution in [3.05, 3.63) is 51.9 Å². The van der Waals surface area contributed by atoms with Crippen LogP contribution in [-0.4, -0.2) is 29.9 Å². The summed E-state index contributed by atoms with van der Waals surface area (Å²) in [5, 5.41) is 20.0. The van der Waals surface area contributed by atoms with E-state index in [0.717, 1.165) is 6.07 Å². The van der Waals surface area contributed by atoms with Crippen LogP contribution in [0.1, 0.15) is 23.0 Å². The third-order valence-electron chi connectivity index (χ3n) is 4.21. The monoisotopic (exact) mass is 370 g/mol. The molecule has 2 aromatic carbocycles. The number of aryl methyl sites for hydroxylation is 1. The van der Waals surface area contributed by atoms with Gasteiger partial charge >= 0.3 is 5.97 Å². The number of phenols is 2. The number of hydrogen-bond acceptors (Lipinski definition) is 7. The third-order valence-corrected chi connectivity index (χ3v) is 4.21. The van der Waals surface area contributed by atoms with E-state index >= 15 is 0 Å². The number of rotatable bonds is 4. The van der Waals surface area contributed by atoms with Crippen molar-refractivity contribution in [1.29, 1.82) is 0 Å². The minimum Gasteiger partial charge on any atom is -0.507 e. The second-order valence-electron chi connectivity index (χ2n) is 5.83. The molecule has 3 rings (SSSR count). The lowest BCUT2D eigenvalue weighted by Crippen LogP contribution is -2.15. The molecular weight excluding hydrogens is 352 g/mol. The summed E-state index contributed by atoms with van der Waals surface area (Å²) in [6.45, 7) is 3.24. The summed E-state index contributed by atoms with van der Waals surface area (Å²) in [5.41, 5.74) is -0.0850. The maximum atomic E-state index is 13.2. The predicted molar refractivity (Wildman–Crippen MR) is 98.5 cm³/mol. The maximum Gasteiger partial charge on any atom is 0.375 e. The molecule has 0 amide bonds. The van der Waals surface area contributed by atoms with Crippen molar-refractivity contribution in [2.45, 2.75) is 13.8 Å². The number of fused-ring (bicyclic) bond motifs is 1. The Morgan fingerprint density at radius 3 is 2.41 bits per heavy atom. The minimum absolute atomic E-state index is 0.0380. The minimum atomic E-state index is -0.815. The van der Waals surface area contributed by atoms with E-state index in [1.807, 2.05) is 0 Å². The van der Waals surface area contributed by atoms with Gasteiger partial charge in [0.1, 0.15) is 28.2 Å². The molecule has 0 fully saturated rings. The Hall–Kier alpha value is -3.48. The van der Waals surface area contributed by atoms with Gasteiger partial charge in [-0.05, 0) is 31.5 Å². The molecule has 7 heteroatoms. The molecule has 3 aromatic rings. The number of carbonyl (C=O) groups excluding carboxylic acids is 1. The van der Waals surface area contributed by atoms with Crippen LogP contribution in [-0.2, 0) is 4.74 Å². The van der Waals surface area contributed by atoms with Crippen molar-refractivity contribution < 1.29 is 28.9 Å². The fourth-order valence-corrected chi connectivity index (χ4v) is 2.82. The summed E-state index contributed by atoms with van der Waals surface area (Å²) in [6.07, 6.45) is 0. The van der Waals surface area contributed by atoms with Crippen LogP contribution in [0.25, 0.3) is 22.1 Å². The Balaban J connectivity index is 2.42. The molecule has 0 spiro atoms. The van der Waals surface area contributed by atoms with Gasteiger partial charge in [0.05, 0.1) is 19.3 Å². The fourth-order valence-electron chi connectivity index (χ4n) is 2.82. The van der Waals surface area contributed by atoms with Crippen LogP contribution in [0.4, 0.5) is 0 Å². The van der Waals surface area contributed by atoms with Crippen LogP contribution in [0.2, 0.25) is 0 Å². The highest BCUT2D eigenvalue weighted by Gasteiger charge is 2.26. The molecule has 0 saturated heterocycles. The second kappa shape index (κ2) is 7.03. The van der Waals surface area contributed by atoms with Crippen molar-refractivity contribution in [1.82, 2.24) is 0 Å². The molecule has 140 valence electrons. The standard InChI is InChI=1S/C20H18O7/c1-4-26-20(24)19-15(11-5-7-12(25-3)8-6-11)17(23)16-14(22)9-13(21)10(2)18(16)27-19/h5-9,21-22H,4H2,1-3H3. The smallest absolute Gasteiger partial charge is 0.375 e. The zero-order valence-corrected chi connectivity index (χ0v) is 15.0. The van der Waals surface area contributed by atoms with E-state index in [0.29, 0.717) is 11.3 Å². The van der Waals surface area contributed by atoms with Crippen molar-refractivity contribution in [3.63, 3.8) is 0 Å². The highest BCUT2D eigenvalue weighted by atomic mass is 16.5. The van der Waals surface area contributed by atoms with E-state index in [9.17, 15) is 19.8 Å². The summed E-state index contributed by atoms with van der Waals surface area (Å²) < 4.78 is 15.8. The summed E-state index contributed by atoms with van der Waals surface area (Å²) in [5.74, 6) is -1.23.